The highest BCUT2D eigenvalue weighted by Crippen LogP contribution is 2.45. The van der Waals surface area contributed by atoms with Crippen molar-refractivity contribution >= 4 is 24.9 Å². The number of thiocarbonyl (C=S) groups is 1. The van der Waals surface area contributed by atoms with Crippen LogP contribution in [-0.2, 0) is 10.7 Å². The normalized spacial score (nSPS) is 14.2. The van der Waals surface area contributed by atoms with Crippen LogP contribution in [0.5, 0.6) is 0 Å². The maximum absolute atomic E-state index is 11.2. The number of hydrogen-bond donors (Lipinski definition) is 1. The molecule has 3 nitrogen and oxygen atoms in total. The summed E-state index contributed by atoms with van der Waals surface area (Å²) in [7, 11) is -3.50. The summed E-state index contributed by atoms with van der Waals surface area (Å²) in [6.07, 6.45) is 0.0114. The molecule has 0 saturated carbocycles. The largest absolute Gasteiger partial charge is 0.327 e. The monoisotopic (exact) mass is 213 g/mol. The smallest absolute Gasteiger partial charge is 0.324 e. The molecule has 0 saturated heterocycles. The van der Waals surface area contributed by atoms with Crippen molar-refractivity contribution in [3.8, 4) is 0 Å². The topological polar surface area (TPSA) is 49.7 Å². The lowest BCUT2D eigenvalue weighted by Crippen LogP contribution is -1.84. The first-order valence-corrected chi connectivity index (χ1v) is 5.80. The van der Waals surface area contributed by atoms with Crippen molar-refractivity contribution in [3.63, 3.8) is 0 Å². The van der Waals surface area contributed by atoms with E-state index < -0.39 is 7.52 Å². The highest BCUT2D eigenvalue weighted by molar-refractivity contribution is 7.78. The van der Waals surface area contributed by atoms with Gasteiger partial charge >= 0.3 is 7.52 Å². The molecule has 5 heteroatoms. The Bertz CT molecular complexity index is 373. The van der Waals surface area contributed by atoms with Crippen LogP contribution in [0.15, 0.2) is 35.1 Å². The molecule has 1 N–H and O–H groups in total. The van der Waals surface area contributed by atoms with Gasteiger partial charge in [-0.05, 0) is 17.8 Å². The highest BCUT2D eigenvalue weighted by Gasteiger charge is 2.15. The third kappa shape index (κ3) is 3.62. The summed E-state index contributed by atoms with van der Waals surface area (Å²) in [5.74, 6) is 0. The first-order chi connectivity index (χ1) is 6.14. The molecule has 0 bridgehead atoms. The molecule has 0 amide bonds. The van der Waals surface area contributed by atoms with Crippen molar-refractivity contribution in [1.82, 2.24) is 0 Å². The van der Waals surface area contributed by atoms with E-state index in [-0.39, 0.29) is 6.16 Å². The van der Waals surface area contributed by atoms with E-state index in [1.54, 1.807) is 24.3 Å². The Morgan fingerprint density at radius 2 is 2.08 bits per heavy atom. The minimum atomic E-state index is -3.50. The second kappa shape index (κ2) is 4.45. The zero-order valence-electron chi connectivity index (χ0n) is 6.75. The van der Waals surface area contributed by atoms with Gasteiger partial charge in [0.15, 0.2) is 0 Å². The predicted octanol–water partition coefficient (Wildman–Crippen LogP) is 2.47. The maximum Gasteiger partial charge on any atom is 0.324 e. The van der Waals surface area contributed by atoms with E-state index >= 15 is 0 Å². The molecule has 0 aliphatic carbocycles. The lowest BCUT2D eigenvalue weighted by atomic mass is 10.2. The van der Waals surface area contributed by atoms with Gasteiger partial charge in [0.2, 0.25) is 0 Å². The van der Waals surface area contributed by atoms with Crippen LogP contribution in [0.3, 0.4) is 0 Å². The molecule has 68 valence electrons. The lowest BCUT2D eigenvalue weighted by Gasteiger charge is -2.03. The van der Waals surface area contributed by atoms with Gasteiger partial charge in [-0.1, -0.05) is 30.3 Å². The predicted molar refractivity (Wildman–Crippen MR) is 55.0 cm³/mol. The summed E-state index contributed by atoms with van der Waals surface area (Å²) in [4.78, 5) is 9.23. The first kappa shape index (κ1) is 10.3. The van der Waals surface area contributed by atoms with Crippen LogP contribution in [0.4, 0.5) is 0 Å². The van der Waals surface area contributed by atoms with Gasteiger partial charge in [-0.15, -0.1) is 4.76 Å². The van der Waals surface area contributed by atoms with Gasteiger partial charge in [-0.2, -0.15) is 0 Å². The fourth-order valence-electron chi connectivity index (χ4n) is 0.920. The Morgan fingerprint density at radius 1 is 1.46 bits per heavy atom. The van der Waals surface area contributed by atoms with Crippen molar-refractivity contribution < 1.29 is 9.46 Å². The molecule has 1 unspecified atom stereocenters. The molecular weight excluding hydrogens is 205 g/mol. The summed E-state index contributed by atoms with van der Waals surface area (Å²) in [5.41, 5.74) is 0.766. The number of hydrogen-bond acceptors (Lipinski definition) is 2. The van der Waals surface area contributed by atoms with E-state index in [1.807, 2.05) is 11.2 Å². The Kier molecular flexibility index (Phi) is 3.52. The number of benzene rings is 1. The van der Waals surface area contributed by atoms with Crippen molar-refractivity contribution in [2.75, 3.05) is 0 Å². The molecule has 0 radical (unpaired) electrons. The number of nitrogens with zero attached hydrogens (tertiary/aromatic N) is 1. The number of rotatable bonds is 3. The molecule has 0 spiro atoms. The van der Waals surface area contributed by atoms with Crippen LogP contribution in [-0.4, -0.2) is 10.1 Å². The second-order valence-electron chi connectivity index (χ2n) is 2.50. The molecule has 0 aliphatic rings. The van der Waals surface area contributed by atoms with E-state index in [9.17, 15) is 9.46 Å². The Labute approximate surface area is 81.6 Å². The van der Waals surface area contributed by atoms with Crippen LogP contribution >= 0.6 is 19.7 Å². The lowest BCUT2D eigenvalue weighted by molar-refractivity contribution is 0.479. The number of isothiocyanates is 1. The molecular formula is C8H8NO2PS. The van der Waals surface area contributed by atoms with Crippen molar-refractivity contribution in [3.05, 3.63) is 35.9 Å². The average Bonchev–Trinajstić information content (AvgIpc) is 2.04. The fraction of sp³-hybridized carbons (Fsp3) is 0.125. The highest BCUT2D eigenvalue weighted by atomic mass is 32.1. The van der Waals surface area contributed by atoms with Gasteiger partial charge in [0, 0.05) is 0 Å². The molecule has 0 aliphatic heterocycles. The van der Waals surface area contributed by atoms with Gasteiger partial charge < -0.3 is 4.89 Å². The standard InChI is InChI=1S/C8H8NO2PS/c10-12(11,9-7-13)6-8-4-2-1-3-5-8/h1-5H,6H2,(H,10,11). The molecule has 0 aromatic heterocycles. The van der Waals surface area contributed by atoms with Gasteiger partial charge in [-0.25, -0.2) is 0 Å². The third-order valence-electron chi connectivity index (χ3n) is 1.43. The van der Waals surface area contributed by atoms with E-state index in [2.05, 4.69) is 17.0 Å². The van der Waals surface area contributed by atoms with Gasteiger partial charge in [0.05, 0.1) is 11.3 Å². The van der Waals surface area contributed by atoms with E-state index in [0.29, 0.717) is 0 Å². The second-order valence-corrected chi connectivity index (χ2v) is 4.53. The van der Waals surface area contributed by atoms with Crippen LogP contribution in [0.1, 0.15) is 5.56 Å². The molecule has 0 heterocycles. The zero-order valence-corrected chi connectivity index (χ0v) is 8.46. The molecule has 13 heavy (non-hydrogen) atoms. The molecule has 1 aromatic carbocycles. The summed E-state index contributed by atoms with van der Waals surface area (Å²) in [6, 6.07) is 8.98. The Hall–Kier alpha value is -0.790. The van der Waals surface area contributed by atoms with Crippen LogP contribution < -0.4 is 0 Å². The molecule has 0 fully saturated rings. The zero-order chi connectivity index (χ0) is 9.73. The van der Waals surface area contributed by atoms with Crippen LogP contribution in [0.2, 0.25) is 0 Å². The van der Waals surface area contributed by atoms with Crippen LogP contribution in [0, 0.1) is 0 Å². The average molecular weight is 213 g/mol. The van der Waals surface area contributed by atoms with Gasteiger partial charge in [0.1, 0.15) is 0 Å². The summed E-state index contributed by atoms with van der Waals surface area (Å²) in [5, 5.41) is 1.92. The molecule has 1 atom stereocenters. The third-order valence-corrected chi connectivity index (χ3v) is 2.84. The quantitative estimate of drug-likeness (QED) is 0.476. The minimum Gasteiger partial charge on any atom is -0.327 e. The van der Waals surface area contributed by atoms with E-state index in [1.165, 1.54) is 0 Å². The van der Waals surface area contributed by atoms with E-state index in [4.69, 9.17) is 0 Å². The SMILES string of the molecule is O=P(O)(Cc1ccccc1)N=C=S. The summed E-state index contributed by atoms with van der Waals surface area (Å²) in [6.45, 7) is 0. The van der Waals surface area contributed by atoms with Crippen molar-refractivity contribution in [2.45, 2.75) is 6.16 Å². The Balaban J connectivity index is 2.81. The molecule has 1 rings (SSSR count). The minimum absolute atomic E-state index is 0.0114. The van der Waals surface area contributed by atoms with Crippen molar-refractivity contribution in [2.24, 2.45) is 4.76 Å². The summed E-state index contributed by atoms with van der Waals surface area (Å²) < 4.78 is 14.5. The molecule has 1 aromatic rings. The van der Waals surface area contributed by atoms with Gasteiger partial charge in [0.25, 0.3) is 0 Å². The van der Waals surface area contributed by atoms with Gasteiger partial charge in [-0.3, -0.25) is 4.57 Å². The van der Waals surface area contributed by atoms with E-state index in [0.717, 1.165) is 5.56 Å². The maximum atomic E-state index is 11.2. The Morgan fingerprint density at radius 3 is 2.62 bits per heavy atom. The fourth-order valence-corrected chi connectivity index (χ4v) is 2.19. The van der Waals surface area contributed by atoms with Crippen molar-refractivity contribution in [1.29, 1.82) is 0 Å². The summed E-state index contributed by atoms with van der Waals surface area (Å²) >= 11 is 4.27. The van der Waals surface area contributed by atoms with Crippen LogP contribution in [0.25, 0.3) is 0 Å². The first-order valence-electron chi connectivity index (χ1n) is 3.59.